The molecule has 0 saturated carbocycles. The molecule has 0 radical (unpaired) electrons. The van der Waals surface area contributed by atoms with E-state index in [1.165, 1.54) is 12.1 Å². The van der Waals surface area contributed by atoms with Crippen LogP contribution in [0.3, 0.4) is 0 Å². The number of para-hydroxylation sites is 2. The van der Waals surface area contributed by atoms with Crippen molar-refractivity contribution in [3.63, 3.8) is 0 Å². The van der Waals surface area contributed by atoms with E-state index >= 15 is 0 Å². The van der Waals surface area contributed by atoms with Crippen LogP contribution >= 0.6 is 0 Å². The fraction of sp³-hybridized carbons (Fsp3) is 0.462. The van der Waals surface area contributed by atoms with Crippen LogP contribution in [0.4, 0.5) is 11.4 Å². The van der Waals surface area contributed by atoms with Crippen LogP contribution in [0.25, 0.3) is 0 Å². The molecule has 1 heterocycles. The molecule has 1 aromatic carbocycles. The Bertz CT molecular complexity index is 500. The molecule has 1 atom stereocenters. The Morgan fingerprint density at radius 1 is 1.40 bits per heavy atom. The molecule has 1 saturated heterocycles. The molecule has 2 rings (SSSR count). The van der Waals surface area contributed by atoms with Gasteiger partial charge in [0.15, 0.2) is 0 Å². The SMILES string of the molecule is C[C@@H](C(=O)Nc1ccccc1[N+](=O)[O-])N1CCOCC1. The number of amides is 1. The van der Waals surface area contributed by atoms with Gasteiger partial charge < -0.3 is 10.1 Å². The second-order valence-corrected chi connectivity index (χ2v) is 4.59. The van der Waals surface area contributed by atoms with Crippen molar-refractivity contribution in [2.45, 2.75) is 13.0 Å². The van der Waals surface area contributed by atoms with Crippen LogP contribution in [0.15, 0.2) is 24.3 Å². The average Bonchev–Trinajstić information content (AvgIpc) is 2.47. The normalized spacial score (nSPS) is 17.4. The quantitative estimate of drug-likeness (QED) is 0.662. The summed E-state index contributed by atoms with van der Waals surface area (Å²) < 4.78 is 5.24. The van der Waals surface area contributed by atoms with Gasteiger partial charge in [0, 0.05) is 19.2 Å². The zero-order valence-electron chi connectivity index (χ0n) is 11.2. The Morgan fingerprint density at radius 3 is 2.70 bits per heavy atom. The van der Waals surface area contributed by atoms with Gasteiger partial charge in [-0.25, -0.2) is 0 Å². The number of carbonyl (C=O) groups excluding carboxylic acids is 1. The summed E-state index contributed by atoms with van der Waals surface area (Å²) in [6.07, 6.45) is 0. The number of nitrogens with zero attached hydrogens (tertiary/aromatic N) is 2. The van der Waals surface area contributed by atoms with Gasteiger partial charge in [0.25, 0.3) is 5.69 Å². The molecule has 1 aliphatic heterocycles. The van der Waals surface area contributed by atoms with Gasteiger partial charge in [0.05, 0.1) is 24.2 Å². The molecule has 108 valence electrons. The van der Waals surface area contributed by atoms with Gasteiger partial charge in [0.1, 0.15) is 5.69 Å². The van der Waals surface area contributed by atoms with Crippen LogP contribution in [-0.2, 0) is 9.53 Å². The van der Waals surface area contributed by atoms with E-state index < -0.39 is 4.92 Å². The molecule has 0 bridgehead atoms. The Balaban J connectivity index is 2.05. The third kappa shape index (κ3) is 3.31. The number of rotatable bonds is 4. The minimum Gasteiger partial charge on any atom is -0.379 e. The Hall–Kier alpha value is -1.99. The number of hydrogen-bond donors (Lipinski definition) is 1. The molecule has 0 aromatic heterocycles. The first-order valence-electron chi connectivity index (χ1n) is 6.45. The topological polar surface area (TPSA) is 84.7 Å². The average molecular weight is 279 g/mol. The van der Waals surface area contributed by atoms with Crippen molar-refractivity contribution in [3.8, 4) is 0 Å². The molecule has 0 aliphatic carbocycles. The maximum atomic E-state index is 12.2. The molecule has 7 nitrogen and oxygen atoms in total. The molecule has 0 spiro atoms. The first kappa shape index (κ1) is 14.4. The second-order valence-electron chi connectivity index (χ2n) is 4.59. The number of nitro benzene ring substituents is 1. The zero-order chi connectivity index (χ0) is 14.5. The number of hydrogen-bond acceptors (Lipinski definition) is 5. The van der Waals surface area contributed by atoms with Crippen molar-refractivity contribution in [1.82, 2.24) is 4.90 Å². The molecular weight excluding hydrogens is 262 g/mol. The van der Waals surface area contributed by atoms with E-state index in [1.54, 1.807) is 19.1 Å². The van der Waals surface area contributed by atoms with Gasteiger partial charge in [-0.1, -0.05) is 12.1 Å². The fourth-order valence-electron chi connectivity index (χ4n) is 2.11. The van der Waals surface area contributed by atoms with E-state index in [2.05, 4.69) is 5.32 Å². The van der Waals surface area contributed by atoms with E-state index in [0.29, 0.717) is 26.3 Å². The predicted octanol–water partition coefficient (Wildman–Crippen LogP) is 1.25. The third-order valence-corrected chi connectivity index (χ3v) is 3.33. The van der Waals surface area contributed by atoms with Crippen LogP contribution in [0.1, 0.15) is 6.92 Å². The lowest BCUT2D eigenvalue weighted by Crippen LogP contribution is -2.47. The molecule has 7 heteroatoms. The van der Waals surface area contributed by atoms with Crippen LogP contribution in [0.2, 0.25) is 0 Å². The highest BCUT2D eigenvalue weighted by Crippen LogP contribution is 2.23. The predicted molar refractivity (Wildman–Crippen MR) is 73.6 cm³/mol. The lowest BCUT2D eigenvalue weighted by Gasteiger charge is -2.31. The van der Waals surface area contributed by atoms with E-state index in [9.17, 15) is 14.9 Å². The summed E-state index contributed by atoms with van der Waals surface area (Å²) in [7, 11) is 0. The maximum absolute atomic E-state index is 12.2. The minimum absolute atomic E-state index is 0.102. The first-order valence-corrected chi connectivity index (χ1v) is 6.45. The second kappa shape index (κ2) is 6.44. The van der Waals surface area contributed by atoms with Gasteiger partial charge >= 0.3 is 0 Å². The number of morpholine rings is 1. The third-order valence-electron chi connectivity index (χ3n) is 3.33. The summed E-state index contributed by atoms with van der Waals surface area (Å²) in [5, 5.41) is 13.5. The van der Waals surface area contributed by atoms with E-state index in [0.717, 1.165) is 0 Å². The van der Waals surface area contributed by atoms with Crippen LogP contribution < -0.4 is 5.32 Å². The molecule has 0 unspecified atom stereocenters. The first-order chi connectivity index (χ1) is 9.59. The standard InChI is InChI=1S/C13H17N3O4/c1-10(15-6-8-20-9-7-15)13(17)14-11-4-2-3-5-12(11)16(18)19/h2-5,10H,6-9H2,1H3,(H,14,17)/t10-/m0/s1. The largest absolute Gasteiger partial charge is 0.379 e. The van der Waals surface area contributed by atoms with Crippen LogP contribution in [0.5, 0.6) is 0 Å². The van der Waals surface area contributed by atoms with Crippen molar-refractivity contribution in [3.05, 3.63) is 34.4 Å². The highest BCUT2D eigenvalue weighted by atomic mass is 16.6. The minimum atomic E-state index is -0.505. The summed E-state index contributed by atoms with van der Waals surface area (Å²) in [5.41, 5.74) is 0.123. The molecule has 1 fully saturated rings. The number of benzene rings is 1. The summed E-state index contributed by atoms with van der Waals surface area (Å²) in [6.45, 7) is 4.36. The highest BCUT2D eigenvalue weighted by molar-refractivity contribution is 5.96. The highest BCUT2D eigenvalue weighted by Gasteiger charge is 2.24. The molecule has 20 heavy (non-hydrogen) atoms. The van der Waals surface area contributed by atoms with Crippen molar-refractivity contribution >= 4 is 17.3 Å². The maximum Gasteiger partial charge on any atom is 0.292 e. The number of nitro groups is 1. The zero-order valence-corrected chi connectivity index (χ0v) is 11.2. The summed E-state index contributed by atoms with van der Waals surface area (Å²) >= 11 is 0. The van der Waals surface area contributed by atoms with Gasteiger partial charge in [-0.05, 0) is 13.0 Å². The monoisotopic (exact) mass is 279 g/mol. The molecular formula is C13H17N3O4. The number of ether oxygens (including phenoxy) is 1. The number of nitrogens with one attached hydrogen (secondary N) is 1. The molecule has 1 aliphatic rings. The Kier molecular flexibility index (Phi) is 4.65. The summed E-state index contributed by atoms with van der Waals surface area (Å²) in [5.74, 6) is -0.249. The van der Waals surface area contributed by atoms with Crippen LogP contribution in [-0.4, -0.2) is 48.1 Å². The number of anilines is 1. The summed E-state index contributed by atoms with van der Waals surface area (Å²) in [6, 6.07) is 5.77. The van der Waals surface area contributed by atoms with E-state index in [1.807, 2.05) is 4.90 Å². The number of carbonyl (C=O) groups is 1. The van der Waals surface area contributed by atoms with Crippen molar-refractivity contribution in [2.75, 3.05) is 31.6 Å². The molecule has 1 aromatic rings. The van der Waals surface area contributed by atoms with Crippen molar-refractivity contribution < 1.29 is 14.5 Å². The molecule has 1 amide bonds. The van der Waals surface area contributed by atoms with Crippen molar-refractivity contribution in [1.29, 1.82) is 0 Å². The molecule has 1 N–H and O–H groups in total. The Morgan fingerprint density at radius 2 is 2.05 bits per heavy atom. The van der Waals surface area contributed by atoms with Gasteiger partial charge in [-0.2, -0.15) is 0 Å². The Labute approximate surface area is 116 Å². The van der Waals surface area contributed by atoms with Gasteiger partial charge in [0.2, 0.25) is 5.91 Å². The van der Waals surface area contributed by atoms with Crippen molar-refractivity contribution in [2.24, 2.45) is 0 Å². The fourth-order valence-corrected chi connectivity index (χ4v) is 2.11. The van der Waals surface area contributed by atoms with Gasteiger partial charge in [-0.15, -0.1) is 0 Å². The summed E-state index contributed by atoms with van der Waals surface area (Å²) in [4.78, 5) is 24.6. The smallest absolute Gasteiger partial charge is 0.292 e. The van der Waals surface area contributed by atoms with Gasteiger partial charge in [-0.3, -0.25) is 19.8 Å². The van der Waals surface area contributed by atoms with E-state index in [-0.39, 0.29) is 23.3 Å². The van der Waals surface area contributed by atoms with E-state index in [4.69, 9.17) is 4.74 Å². The lowest BCUT2D eigenvalue weighted by atomic mass is 10.2. The lowest BCUT2D eigenvalue weighted by molar-refractivity contribution is -0.383. The van der Waals surface area contributed by atoms with Crippen LogP contribution in [0, 0.1) is 10.1 Å².